The fourth-order valence-electron chi connectivity index (χ4n) is 2.08. The highest BCUT2D eigenvalue weighted by atomic mass is 16.5. The second-order valence-electron chi connectivity index (χ2n) is 5.57. The maximum absolute atomic E-state index is 9.59. The van der Waals surface area contributed by atoms with Crippen LogP contribution in [0.2, 0.25) is 0 Å². The van der Waals surface area contributed by atoms with E-state index in [-0.39, 0.29) is 12.1 Å². The Morgan fingerprint density at radius 2 is 2.00 bits per heavy atom. The number of benzene rings is 1. The maximum Gasteiger partial charge on any atom is 0.118 e. The molecule has 100 valence electrons. The van der Waals surface area contributed by atoms with Gasteiger partial charge in [0.15, 0.2) is 0 Å². The third-order valence-electron chi connectivity index (χ3n) is 3.62. The molecule has 1 fully saturated rings. The van der Waals surface area contributed by atoms with Crippen molar-refractivity contribution < 1.29 is 9.84 Å². The van der Waals surface area contributed by atoms with Crippen LogP contribution >= 0.6 is 0 Å². The zero-order valence-corrected chi connectivity index (χ0v) is 11.3. The Bertz CT molecular complexity index is 373. The van der Waals surface area contributed by atoms with Crippen LogP contribution in [0, 0.1) is 5.92 Å². The number of nitrogens with one attached hydrogen (secondary N) is 1. The normalized spacial score (nSPS) is 18.4. The van der Waals surface area contributed by atoms with E-state index in [0.29, 0.717) is 0 Å². The van der Waals surface area contributed by atoms with Gasteiger partial charge in [-0.3, -0.25) is 0 Å². The highest BCUT2D eigenvalue weighted by Crippen LogP contribution is 2.28. The van der Waals surface area contributed by atoms with E-state index in [2.05, 4.69) is 24.4 Å². The smallest absolute Gasteiger partial charge is 0.118 e. The molecule has 1 saturated carbocycles. The largest absolute Gasteiger partial charge is 0.497 e. The lowest BCUT2D eigenvalue weighted by Gasteiger charge is -2.29. The van der Waals surface area contributed by atoms with Crippen LogP contribution in [0.25, 0.3) is 0 Å². The molecule has 0 heterocycles. The van der Waals surface area contributed by atoms with E-state index >= 15 is 0 Å². The minimum absolute atomic E-state index is 0.158. The predicted molar refractivity (Wildman–Crippen MR) is 72.9 cm³/mol. The zero-order valence-electron chi connectivity index (χ0n) is 11.3. The van der Waals surface area contributed by atoms with Gasteiger partial charge in [-0.05, 0) is 56.3 Å². The summed E-state index contributed by atoms with van der Waals surface area (Å²) >= 11 is 0. The third-order valence-corrected chi connectivity index (χ3v) is 3.62. The molecule has 1 unspecified atom stereocenters. The number of hydrogen-bond donors (Lipinski definition) is 2. The van der Waals surface area contributed by atoms with Crippen LogP contribution in [0.1, 0.15) is 25.3 Å². The molecule has 0 aliphatic heterocycles. The van der Waals surface area contributed by atoms with E-state index in [9.17, 15) is 5.11 Å². The van der Waals surface area contributed by atoms with E-state index in [0.717, 1.165) is 24.6 Å². The van der Waals surface area contributed by atoms with Gasteiger partial charge in [-0.25, -0.2) is 0 Å². The monoisotopic (exact) mass is 249 g/mol. The molecule has 0 radical (unpaired) electrons. The van der Waals surface area contributed by atoms with Crippen molar-refractivity contribution in [3.8, 4) is 5.75 Å². The van der Waals surface area contributed by atoms with Gasteiger partial charge < -0.3 is 15.2 Å². The van der Waals surface area contributed by atoms with Crippen molar-refractivity contribution in [3.05, 3.63) is 29.8 Å². The Kier molecular flexibility index (Phi) is 4.25. The lowest BCUT2D eigenvalue weighted by Crippen LogP contribution is -2.48. The fraction of sp³-hybridized carbons (Fsp3) is 0.600. The van der Waals surface area contributed by atoms with E-state index in [1.807, 2.05) is 12.1 Å². The number of aliphatic hydroxyl groups is 1. The quantitative estimate of drug-likeness (QED) is 0.776. The van der Waals surface area contributed by atoms with Gasteiger partial charge in [0.2, 0.25) is 0 Å². The summed E-state index contributed by atoms with van der Waals surface area (Å²) in [5.74, 6) is 1.70. The van der Waals surface area contributed by atoms with Crippen LogP contribution in [-0.2, 0) is 6.42 Å². The molecule has 2 rings (SSSR count). The average Bonchev–Trinajstić information content (AvgIpc) is 3.21. The van der Waals surface area contributed by atoms with Crippen molar-refractivity contribution in [2.45, 2.75) is 31.7 Å². The van der Waals surface area contributed by atoms with Crippen LogP contribution in [0.5, 0.6) is 5.75 Å². The molecule has 18 heavy (non-hydrogen) atoms. The van der Waals surface area contributed by atoms with Crippen molar-refractivity contribution in [2.75, 3.05) is 20.3 Å². The SMILES string of the molecule is COc1ccc(CC(C)(CO)NCC2CC2)cc1. The summed E-state index contributed by atoms with van der Waals surface area (Å²) in [5.41, 5.74) is 0.993. The summed E-state index contributed by atoms with van der Waals surface area (Å²) in [5, 5.41) is 13.1. The van der Waals surface area contributed by atoms with Crippen LogP contribution in [0.4, 0.5) is 0 Å². The molecular weight excluding hydrogens is 226 g/mol. The van der Waals surface area contributed by atoms with E-state index in [1.54, 1.807) is 7.11 Å². The topological polar surface area (TPSA) is 41.5 Å². The van der Waals surface area contributed by atoms with Gasteiger partial charge in [0.25, 0.3) is 0 Å². The molecule has 0 amide bonds. The summed E-state index contributed by atoms with van der Waals surface area (Å²) in [6, 6.07) is 8.05. The Morgan fingerprint density at radius 1 is 1.33 bits per heavy atom. The molecule has 3 nitrogen and oxygen atoms in total. The lowest BCUT2D eigenvalue weighted by atomic mass is 9.93. The van der Waals surface area contributed by atoms with Crippen LogP contribution in [-0.4, -0.2) is 30.9 Å². The summed E-state index contributed by atoms with van der Waals surface area (Å²) in [6.45, 7) is 3.26. The molecule has 0 spiro atoms. The van der Waals surface area contributed by atoms with Crippen molar-refractivity contribution in [1.29, 1.82) is 0 Å². The number of hydrogen-bond acceptors (Lipinski definition) is 3. The summed E-state index contributed by atoms with van der Waals surface area (Å²) in [7, 11) is 1.67. The Balaban J connectivity index is 1.93. The van der Waals surface area contributed by atoms with Crippen molar-refractivity contribution in [2.24, 2.45) is 5.92 Å². The Labute approximate surface area is 109 Å². The number of methoxy groups -OCH3 is 1. The molecule has 0 saturated heterocycles. The molecule has 0 aromatic heterocycles. The van der Waals surface area contributed by atoms with Gasteiger partial charge in [-0.1, -0.05) is 12.1 Å². The first-order valence-corrected chi connectivity index (χ1v) is 6.64. The van der Waals surface area contributed by atoms with Crippen LogP contribution in [0.15, 0.2) is 24.3 Å². The molecular formula is C15H23NO2. The molecule has 1 aliphatic carbocycles. The van der Waals surface area contributed by atoms with Crippen molar-refractivity contribution in [3.63, 3.8) is 0 Å². The number of aliphatic hydroxyl groups excluding tert-OH is 1. The Hall–Kier alpha value is -1.06. The minimum Gasteiger partial charge on any atom is -0.497 e. The average molecular weight is 249 g/mol. The number of rotatable bonds is 7. The second kappa shape index (κ2) is 5.72. The highest BCUT2D eigenvalue weighted by Gasteiger charge is 2.28. The first-order valence-electron chi connectivity index (χ1n) is 6.64. The van der Waals surface area contributed by atoms with Gasteiger partial charge in [0.05, 0.1) is 13.7 Å². The molecule has 3 heteroatoms. The maximum atomic E-state index is 9.59. The van der Waals surface area contributed by atoms with Gasteiger partial charge in [-0.2, -0.15) is 0 Å². The molecule has 0 bridgehead atoms. The first-order chi connectivity index (χ1) is 8.65. The molecule has 1 aliphatic rings. The fourth-order valence-corrected chi connectivity index (χ4v) is 2.08. The van der Waals surface area contributed by atoms with E-state index in [1.165, 1.54) is 18.4 Å². The second-order valence-corrected chi connectivity index (χ2v) is 5.57. The Morgan fingerprint density at radius 3 is 2.50 bits per heavy atom. The van der Waals surface area contributed by atoms with E-state index < -0.39 is 0 Å². The van der Waals surface area contributed by atoms with Gasteiger partial charge >= 0.3 is 0 Å². The molecule has 1 aromatic rings. The van der Waals surface area contributed by atoms with Crippen LogP contribution < -0.4 is 10.1 Å². The number of ether oxygens (including phenoxy) is 1. The third kappa shape index (κ3) is 3.72. The van der Waals surface area contributed by atoms with Gasteiger partial charge in [0, 0.05) is 5.54 Å². The highest BCUT2D eigenvalue weighted by molar-refractivity contribution is 5.28. The molecule has 1 atom stereocenters. The summed E-state index contributed by atoms with van der Waals surface area (Å²) < 4.78 is 5.15. The minimum atomic E-state index is -0.225. The van der Waals surface area contributed by atoms with E-state index in [4.69, 9.17) is 4.74 Å². The summed E-state index contributed by atoms with van der Waals surface area (Å²) in [4.78, 5) is 0. The molecule has 2 N–H and O–H groups in total. The van der Waals surface area contributed by atoms with Crippen molar-refractivity contribution >= 4 is 0 Å². The van der Waals surface area contributed by atoms with Gasteiger partial charge in [-0.15, -0.1) is 0 Å². The zero-order chi connectivity index (χ0) is 13.0. The van der Waals surface area contributed by atoms with Crippen LogP contribution in [0.3, 0.4) is 0 Å². The summed E-state index contributed by atoms with van der Waals surface area (Å²) in [6.07, 6.45) is 3.49. The lowest BCUT2D eigenvalue weighted by molar-refractivity contribution is 0.172. The van der Waals surface area contributed by atoms with Crippen molar-refractivity contribution in [1.82, 2.24) is 5.32 Å². The standard InChI is InChI=1S/C15H23NO2/c1-15(11-17,16-10-13-3-4-13)9-12-5-7-14(18-2)8-6-12/h5-8,13,16-17H,3-4,9-11H2,1-2H3. The molecule has 1 aromatic carbocycles. The predicted octanol–water partition coefficient (Wildman–Crippen LogP) is 1.99. The van der Waals surface area contributed by atoms with Gasteiger partial charge in [0.1, 0.15) is 5.75 Å². The first kappa shape index (κ1) is 13.4.